The van der Waals surface area contributed by atoms with Gasteiger partial charge in [0.15, 0.2) is 0 Å². The second-order valence-electron chi connectivity index (χ2n) is 3.43. The standard InChI is InChI=1S/C9H15N3O2/c1-7(5-10)12(2)9(13)11-8-3-4-14-6-8/h7-8H,3-4,6H2,1-2H3,(H,11,13). The molecule has 0 radical (unpaired) electrons. The Labute approximate surface area is 83.6 Å². The first-order valence-corrected chi connectivity index (χ1v) is 4.66. The van der Waals surface area contributed by atoms with Gasteiger partial charge in [0.1, 0.15) is 6.04 Å². The minimum absolute atomic E-state index is 0.0934. The summed E-state index contributed by atoms with van der Waals surface area (Å²) < 4.78 is 5.13. The highest BCUT2D eigenvalue weighted by Gasteiger charge is 2.21. The van der Waals surface area contributed by atoms with Crippen molar-refractivity contribution in [2.75, 3.05) is 20.3 Å². The molecule has 0 saturated carbocycles. The van der Waals surface area contributed by atoms with Crippen LogP contribution in [0.5, 0.6) is 0 Å². The highest BCUT2D eigenvalue weighted by molar-refractivity contribution is 5.74. The van der Waals surface area contributed by atoms with Crippen molar-refractivity contribution < 1.29 is 9.53 Å². The fraction of sp³-hybridized carbons (Fsp3) is 0.778. The minimum Gasteiger partial charge on any atom is -0.379 e. The summed E-state index contributed by atoms with van der Waals surface area (Å²) in [7, 11) is 1.61. The molecule has 1 heterocycles. The second-order valence-corrected chi connectivity index (χ2v) is 3.43. The number of ether oxygens (including phenoxy) is 1. The van der Waals surface area contributed by atoms with Crippen LogP contribution in [0.1, 0.15) is 13.3 Å². The first-order valence-electron chi connectivity index (χ1n) is 4.66. The number of nitrogens with zero attached hydrogens (tertiary/aromatic N) is 2. The van der Waals surface area contributed by atoms with Crippen molar-refractivity contribution in [1.82, 2.24) is 10.2 Å². The Morgan fingerprint density at radius 2 is 2.50 bits per heavy atom. The van der Waals surface area contributed by atoms with Gasteiger partial charge in [-0.2, -0.15) is 5.26 Å². The summed E-state index contributed by atoms with van der Waals surface area (Å²) in [6, 6.07) is 1.48. The fourth-order valence-corrected chi connectivity index (χ4v) is 1.19. The first-order chi connectivity index (χ1) is 6.65. The third-order valence-electron chi connectivity index (χ3n) is 2.35. The maximum absolute atomic E-state index is 11.5. The van der Waals surface area contributed by atoms with Crippen LogP contribution in [0.2, 0.25) is 0 Å². The van der Waals surface area contributed by atoms with Gasteiger partial charge in [-0.05, 0) is 13.3 Å². The third kappa shape index (κ3) is 2.60. The van der Waals surface area contributed by atoms with Crippen LogP contribution in [0, 0.1) is 11.3 Å². The molecule has 0 spiro atoms. The monoisotopic (exact) mass is 197 g/mol. The molecule has 0 aromatic rings. The van der Waals surface area contributed by atoms with Gasteiger partial charge < -0.3 is 15.0 Å². The molecule has 0 aromatic heterocycles. The number of carbonyl (C=O) groups excluding carboxylic acids is 1. The van der Waals surface area contributed by atoms with Crippen molar-refractivity contribution in [3.8, 4) is 6.07 Å². The molecule has 0 aromatic carbocycles. The Kier molecular flexibility index (Phi) is 3.72. The Morgan fingerprint density at radius 3 is 3.00 bits per heavy atom. The zero-order chi connectivity index (χ0) is 10.6. The summed E-state index contributed by atoms with van der Waals surface area (Å²) in [6.07, 6.45) is 0.848. The summed E-state index contributed by atoms with van der Waals surface area (Å²) in [5.41, 5.74) is 0. The van der Waals surface area contributed by atoms with Crippen LogP contribution in [-0.2, 0) is 4.74 Å². The molecule has 0 bridgehead atoms. The van der Waals surface area contributed by atoms with Crippen LogP contribution in [0.4, 0.5) is 4.79 Å². The lowest BCUT2D eigenvalue weighted by molar-refractivity contribution is 0.180. The van der Waals surface area contributed by atoms with Crippen LogP contribution in [0.25, 0.3) is 0 Å². The maximum Gasteiger partial charge on any atom is 0.318 e. The van der Waals surface area contributed by atoms with Gasteiger partial charge in [-0.1, -0.05) is 0 Å². The molecule has 14 heavy (non-hydrogen) atoms. The largest absolute Gasteiger partial charge is 0.379 e. The van der Waals surface area contributed by atoms with E-state index in [2.05, 4.69) is 5.32 Å². The lowest BCUT2D eigenvalue weighted by atomic mass is 10.2. The molecule has 1 saturated heterocycles. The number of hydrogen-bond acceptors (Lipinski definition) is 3. The van der Waals surface area contributed by atoms with Crippen molar-refractivity contribution in [1.29, 1.82) is 5.26 Å². The molecule has 78 valence electrons. The van der Waals surface area contributed by atoms with Crippen LogP contribution < -0.4 is 5.32 Å². The van der Waals surface area contributed by atoms with Crippen molar-refractivity contribution in [2.24, 2.45) is 0 Å². The van der Waals surface area contributed by atoms with Crippen molar-refractivity contribution in [2.45, 2.75) is 25.4 Å². The van der Waals surface area contributed by atoms with E-state index >= 15 is 0 Å². The molecular weight excluding hydrogens is 182 g/mol. The quantitative estimate of drug-likeness (QED) is 0.693. The van der Waals surface area contributed by atoms with Crippen LogP contribution >= 0.6 is 0 Å². The van der Waals surface area contributed by atoms with Crippen LogP contribution in [0.15, 0.2) is 0 Å². The highest BCUT2D eigenvalue weighted by atomic mass is 16.5. The van der Waals surface area contributed by atoms with E-state index in [9.17, 15) is 4.79 Å². The summed E-state index contributed by atoms with van der Waals surface area (Å²) in [4.78, 5) is 12.9. The molecular formula is C9H15N3O2. The average molecular weight is 197 g/mol. The van der Waals surface area contributed by atoms with Gasteiger partial charge in [-0.15, -0.1) is 0 Å². The molecule has 1 N–H and O–H groups in total. The van der Waals surface area contributed by atoms with Gasteiger partial charge >= 0.3 is 6.03 Å². The lowest BCUT2D eigenvalue weighted by Crippen LogP contribution is -2.46. The van der Waals surface area contributed by atoms with Crippen LogP contribution in [0.3, 0.4) is 0 Å². The van der Waals surface area contributed by atoms with Crippen molar-refractivity contribution in [3.05, 3.63) is 0 Å². The van der Waals surface area contributed by atoms with E-state index in [1.807, 2.05) is 6.07 Å². The van der Waals surface area contributed by atoms with E-state index in [4.69, 9.17) is 10.00 Å². The molecule has 1 aliphatic rings. The van der Waals surface area contributed by atoms with E-state index < -0.39 is 6.04 Å². The summed E-state index contributed by atoms with van der Waals surface area (Å²) in [5.74, 6) is 0. The minimum atomic E-state index is -0.405. The number of rotatable bonds is 2. The number of nitriles is 1. The van der Waals surface area contributed by atoms with Gasteiger partial charge in [0, 0.05) is 13.7 Å². The first kappa shape index (κ1) is 10.8. The Balaban J connectivity index is 2.37. The summed E-state index contributed by atoms with van der Waals surface area (Å²) in [5, 5.41) is 11.4. The Hall–Kier alpha value is -1.28. The molecule has 2 unspecified atom stereocenters. The number of carbonyl (C=O) groups is 1. The molecule has 5 heteroatoms. The van der Waals surface area contributed by atoms with Gasteiger partial charge in [0.25, 0.3) is 0 Å². The van der Waals surface area contributed by atoms with Crippen molar-refractivity contribution >= 4 is 6.03 Å². The third-order valence-corrected chi connectivity index (χ3v) is 2.35. The fourth-order valence-electron chi connectivity index (χ4n) is 1.19. The Bertz CT molecular complexity index is 243. The normalized spacial score (nSPS) is 22.5. The van der Waals surface area contributed by atoms with E-state index in [0.29, 0.717) is 13.2 Å². The zero-order valence-electron chi connectivity index (χ0n) is 8.49. The molecule has 2 atom stereocenters. The number of hydrogen-bond donors (Lipinski definition) is 1. The second kappa shape index (κ2) is 4.82. The predicted octanol–water partition coefficient (Wildman–Crippen LogP) is 0.329. The number of nitrogens with one attached hydrogen (secondary N) is 1. The van der Waals surface area contributed by atoms with E-state index in [1.54, 1.807) is 14.0 Å². The molecule has 1 rings (SSSR count). The van der Waals surface area contributed by atoms with Crippen molar-refractivity contribution in [3.63, 3.8) is 0 Å². The molecule has 1 aliphatic heterocycles. The van der Waals surface area contributed by atoms with Crippen LogP contribution in [-0.4, -0.2) is 43.3 Å². The lowest BCUT2D eigenvalue weighted by Gasteiger charge is -2.21. The van der Waals surface area contributed by atoms with Gasteiger partial charge in [0.05, 0.1) is 18.7 Å². The maximum atomic E-state index is 11.5. The molecule has 1 fully saturated rings. The summed E-state index contributed by atoms with van der Waals surface area (Å²) >= 11 is 0. The topological polar surface area (TPSA) is 65.4 Å². The smallest absolute Gasteiger partial charge is 0.318 e. The number of urea groups is 1. The van der Waals surface area contributed by atoms with E-state index in [-0.39, 0.29) is 12.1 Å². The summed E-state index contributed by atoms with van der Waals surface area (Å²) in [6.45, 7) is 2.95. The van der Waals surface area contributed by atoms with E-state index in [0.717, 1.165) is 6.42 Å². The van der Waals surface area contributed by atoms with Gasteiger partial charge in [-0.3, -0.25) is 0 Å². The van der Waals surface area contributed by atoms with Gasteiger partial charge in [-0.25, -0.2) is 4.79 Å². The average Bonchev–Trinajstić information content (AvgIpc) is 2.68. The molecule has 5 nitrogen and oxygen atoms in total. The van der Waals surface area contributed by atoms with E-state index in [1.165, 1.54) is 4.90 Å². The predicted molar refractivity (Wildman–Crippen MR) is 50.6 cm³/mol. The van der Waals surface area contributed by atoms with Gasteiger partial charge in [0.2, 0.25) is 0 Å². The SMILES string of the molecule is CC(C#N)N(C)C(=O)NC1CCOC1. The zero-order valence-corrected chi connectivity index (χ0v) is 8.49. The highest BCUT2D eigenvalue weighted by Crippen LogP contribution is 2.04. The number of amides is 2. The Morgan fingerprint density at radius 1 is 1.79 bits per heavy atom. The molecule has 2 amide bonds. The molecule has 0 aliphatic carbocycles.